The van der Waals surface area contributed by atoms with Crippen molar-refractivity contribution in [2.24, 2.45) is 0 Å². The van der Waals surface area contributed by atoms with Crippen LogP contribution in [-0.4, -0.2) is 15.0 Å². The summed E-state index contributed by atoms with van der Waals surface area (Å²) in [6.07, 6.45) is 0. The van der Waals surface area contributed by atoms with E-state index < -0.39 is 0 Å². The molecule has 2 aliphatic carbocycles. The number of nitrogens with zero attached hydrogens (tertiary/aromatic N) is 3. The lowest BCUT2D eigenvalue weighted by molar-refractivity contribution is 0.662. The summed E-state index contributed by atoms with van der Waals surface area (Å²) in [4.78, 5) is 15.2. The minimum absolute atomic E-state index is 0.213. The zero-order chi connectivity index (χ0) is 35.3. The highest BCUT2D eigenvalue weighted by atomic mass is 15.0. The van der Waals surface area contributed by atoms with Gasteiger partial charge in [0, 0.05) is 22.1 Å². The van der Waals surface area contributed by atoms with Crippen LogP contribution in [-0.2, 0) is 5.41 Å². The van der Waals surface area contributed by atoms with Gasteiger partial charge in [0.25, 0.3) is 0 Å². The molecule has 0 fully saturated rings. The minimum atomic E-state index is -0.213. The molecule has 0 radical (unpaired) electrons. The van der Waals surface area contributed by atoms with E-state index in [1.807, 2.05) is 36.4 Å². The van der Waals surface area contributed by atoms with Crippen molar-refractivity contribution in [1.82, 2.24) is 15.0 Å². The van der Waals surface area contributed by atoms with E-state index in [2.05, 4.69) is 141 Å². The Kier molecular flexibility index (Phi) is 6.30. The molecule has 11 rings (SSSR count). The highest BCUT2D eigenvalue weighted by molar-refractivity contribution is 6.17. The SMILES string of the molecule is CC1(C)c2cccc3c2-c2c(ccc(-c4ccc(-c5nc(-c6ccccc6)nc(-c6ccccc6)n5)c5ccccc45)c21)-c1cccc2cccc-3c12. The molecule has 1 aromatic heterocycles. The van der Waals surface area contributed by atoms with Gasteiger partial charge in [0.15, 0.2) is 17.5 Å². The predicted molar refractivity (Wildman–Crippen MR) is 219 cm³/mol. The van der Waals surface area contributed by atoms with Gasteiger partial charge in [0.05, 0.1) is 0 Å². The van der Waals surface area contributed by atoms with E-state index in [9.17, 15) is 0 Å². The summed E-state index contributed by atoms with van der Waals surface area (Å²) in [6, 6.07) is 58.8. The number of aromatic nitrogens is 3. The molecule has 0 saturated carbocycles. The lowest BCUT2D eigenvalue weighted by Gasteiger charge is -2.26. The Bertz CT molecular complexity index is 2900. The number of hydrogen-bond donors (Lipinski definition) is 0. The first-order valence-electron chi connectivity index (χ1n) is 18.3. The van der Waals surface area contributed by atoms with Crippen molar-refractivity contribution in [1.29, 1.82) is 0 Å². The molecule has 3 heteroatoms. The average molecular weight is 676 g/mol. The number of benzene rings is 8. The van der Waals surface area contributed by atoms with E-state index >= 15 is 0 Å². The van der Waals surface area contributed by atoms with Crippen molar-refractivity contribution in [2.45, 2.75) is 19.3 Å². The lowest BCUT2D eigenvalue weighted by Crippen LogP contribution is -2.16. The summed E-state index contributed by atoms with van der Waals surface area (Å²) in [6.45, 7) is 4.81. The Morgan fingerprint density at radius 3 is 1.51 bits per heavy atom. The smallest absolute Gasteiger partial charge is 0.164 e. The van der Waals surface area contributed by atoms with Crippen molar-refractivity contribution in [3.05, 3.63) is 175 Å². The molecule has 0 unspecified atom stereocenters. The quantitative estimate of drug-likeness (QED) is 0.186. The van der Waals surface area contributed by atoms with Gasteiger partial charge in [0.2, 0.25) is 0 Å². The third-order valence-electron chi connectivity index (χ3n) is 11.5. The van der Waals surface area contributed by atoms with E-state index in [-0.39, 0.29) is 5.41 Å². The molecular weight excluding hydrogens is 643 g/mol. The van der Waals surface area contributed by atoms with Crippen LogP contribution < -0.4 is 0 Å². The van der Waals surface area contributed by atoms with Crippen molar-refractivity contribution in [3.63, 3.8) is 0 Å². The molecule has 248 valence electrons. The Morgan fingerprint density at radius 1 is 0.358 bits per heavy atom. The fourth-order valence-corrected chi connectivity index (χ4v) is 9.11. The largest absolute Gasteiger partial charge is 0.208 e. The first-order chi connectivity index (χ1) is 26.1. The maximum absolute atomic E-state index is 5.12. The van der Waals surface area contributed by atoms with Crippen LogP contribution >= 0.6 is 0 Å². The Hall–Kier alpha value is -6.71. The van der Waals surface area contributed by atoms with E-state index in [1.165, 1.54) is 71.8 Å². The van der Waals surface area contributed by atoms with E-state index in [0.717, 1.165) is 22.1 Å². The fraction of sp³-hybridized carbons (Fsp3) is 0.0600. The van der Waals surface area contributed by atoms with Crippen LogP contribution in [0.5, 0.6) is 0 Å². The van der Waals surface area contributed by atoms with Crippen LogP contribution in [0.15, 0.2) is 164 Å². The average Bonchev–Trinajstić information content (AvgIpc) is 3.39. The number of hydrogen-bond acceptors (Lipinski definition) is 3. The second-order valence-electron chi connectivity index (χ2n) is 14.7. The Balaban J connectivity index is 1.17. The normalized spacial score (nSPS) is 13.2. The molecule has 0 aliphatic heterocycles. The molecule has 53 heavy (non-hydrogen) atoms. The molecule has 8 aromatic carbocycles. The van der Waals surface area contributed by atoms with Crippen molar-refractivity contribution in [3.8, 4) is 78.7 Å². The maximum atomic E-state index is 5.12. The van der Waals surface area contributed by atoms with E-state index in [0.29, 0.717) is 17.5 Å². The molecule has 9 aromatic rings. The van der Waals surface area contributed by atoms with Crippen LogP contribution in [0.4, 0.5) is 0 Å². The number of rotatable bonds is 4. The molecule has 0 N–H and O–H groups in total. The maximum Gasteiger partial charge on any atom is 0.164 e. The Labute approximate surface area is 308 Å². The highest BCUT2D eigenvalue weighted by Crippen LogP contribution is 2.60. The van der Waals surface area contributed by atoms with Crippen molar-refractivity contribution in [2.75, 3.05) is 0 Å². The third-order valence-corrected chi connectivity index (χ3v) is 11.5. The summed E-state index contributed by atoms with van der Waals surface area (Å²) in [5.41, 5.74) is 15.9. The molecule has 1 heterocycles. The van der Waals surface area contributed by atoms with Gasteiger partial charge in [-0.25, -0.2) is 15.0 Å². The van der Waals surface area contributed by atoms with Gasteiger partial charge < -0.3 is 0 Å². The van der Waals surface area contributed by atoms with Gasteiger partial charge in [-0.3, -0.25) is 0 Å². The minimum Gasteiger partial charge on any atom is -0.208 e. The van der Waals surface area contributed by atoms with Gasteiger partial charge in [-0.1, -0.05) is 172 Å². The molecule has 0 saturated heterocycles. The standard InChI is InChI=1S/C50H33N3/c1-50(2)42-25-13-24-38-36-22-11-18-30-19-12-23-37(43(30)36)39-27-28-40(46(50)45(39)44(38)42)35-26-29-41(34-21-10-9-20-33(34)35)49-52-47(31-14-5-3-6-15-31)51-48(53-49)32-16-7-4-8-17-32/h3-29H,1-2H3. The highest BCUT2D eigenvalue weighted by Gasteiger charge is 2.42. The van der Waals surface area contributed by atoms with Crippen LogP contribution in [0, 0.1) is 0 Å². The van der Waals surface area contributed by atoms with E-state index in [1.54, 1.807) is 0 Å². The van der Waals surface area contributed by atoms with Gasteiger partial charge in [0.1, 0.15) is 0 Å². The topological polar surface area (TPSA) is 38.7 Å². The first kappa shape index (κ1) is 30.0. The predicted octanol–water partition coefficient (Wildman–Crippen LogP) is 12.8. The summed E-state index contributed by atoms with van der Waals surface area (Å²) in [7, 11) is 0. The van der Waals surface area contributed by atoms with Crippen LogP contribution in [0.25, 0.3) is 100 Å². The monoisotopic (exact) mass is 675 g/mol. The molecule has 0 bridgehead atoms. The summed E-state index contributed by atoms with van der Waals surface area (Å²) in [5.74, 6) is 1.98. The Morgan fingerprint density at radius 2 is 0.849 bits per heavy atom. The van der Waals surface area contributed by atoms with Crippen LogP contribution in [0.3, 0.4) is 0 Å². The molecule has 0 amide bonds. The molecule has 2 aliphatic rings. The summed E-state index contributed by atoms with van der Waals surface area (Å²) >= 11 is 0. The van der Waals surface area contributed by atoms with Crippen molar-refractivity contribution >= 4 is 21.5 Å². The first-order valence-corrected chi connectivity index (χ1v) is 18.3. The zero-order valence-electron chi connectivity index (χ0n) is 29.4. The second kappa shape index (κ2) is 11.1. The molecular formula is C50H33N3. The van der Waals surface area contributed by atoms with Crippen LogP contribution in [0.1, 0.15) is 25.0 Å². The summed E-state index contributed by atoms with van der Waals surface area (Å²) in [5, 5.41) is 4.90. The van der Waals surface area contributed by atoms with E-state index in [4.69, 9.17) is 15.0 Å². The van der Waals surface area contributed by atoms with Gasteiger partial charge in [-0.2, -0.15) is 0 Å². The van der Waals surface area contributed by atoms with Gasteiger partial charge in [-0.15, -0.1) is 0 Å². The molecule has 3 nitrogen and oxygen atoms in total. The molecule has 0 spiro atoms. The fourth-order valence-electron chi connectivity index (χ4n) is 9.11. The summed E-state index contributed by atoms with van der Waals surface area (Å²) < 4.78 is 0. The second-order valence-corrected chi connectivity index (χ2v) is 14.7. The number of fused-ring (bicyclic) bond motifs is 3. The lowest BCUT2D eigenvalue weighted by atomic mass is 9.76. The zero-order valence-corrected chi connectivity index (χ0v) is 29.4. The van der Waals surface area contributed by atoms with Gasteiger partial charge >= 0.3 is 0 Å². The van der Waals surface area contributed by atoms with Crippen molar-refractivity contribution < 1.29 is 0 Å². The van der Waals surface area contributed by atoms with Gasteiger partial charge in [-0.05, 0) is 83.2 Å². The van der Waals surface area contributed by atoms with Crippen LogP contribution in [0.2, 0.25) is 0 Å². The third kappa shape index (κ3) is 4.31. The molecule has 0 atom stereocenters.